The molecule has 1 atom stereocenters. The third kappa shape index (κ3) is 4.82. The van der Waals surface area contributed by atoms with Crippen molar-refractivity contribution in [2.24, 2.45) is 5.92 Å². The van der Waals surface area contributed by atoms with E-state index in [2.05, 4.69) is 22.1 Å². The van der Waals surface area contributed by atoms with Gasteiger partial charge in [-0.1, -0.05) is 6.08 Å². The minimum atomic E-state index is 0.0196. The van der Waals surface area contributed by atoms with Gasteiger partial charge in [0.25, 0.3) is 0 Å². The molecule has 6 heteroatoms. The van der Waals surface area contributed by atoms with Crippen molar-refractivity contribution in [1.82, 2.24) is 20.4 Å². The van der Waals surface area contributed by atoms with Crippen LogP contribution in [0.15, 0.2) is 12.7 Å². The minimum Gasteiger partial charge on any atom is -0.352 e. The van der Waals surface area contributed by atoms with Crippen LogP contribution in [0.5, 0.6) is 0 Å². The van der Waals surface area contributed by atoms with E-state index in [1.165, 1.54) is 0 Å². The van der Waals surface area contributed by atoms with Crippen LogP contribution in [-0.4, -0.2) is 74.0 Å². The molecule has 2 N–H and O–H groups in total. The highest BCUT2D eigenvalue weighted by Crippen LogP contribution is 2.14. The third-order valence-electron chi connectivity index (χ3n) is 4.14. The summed E-state index contributed by atoms with van der Waals surface area (Å²) >= 11 is 0. The Morgan fingerprint density at radius 2 is 2.05 bits per heavy atom. The maximum Gasteiger partial charge on any atom is 0.234 e. The molecule has 0 bridgehead atoms. The first-order valence-corrected chi connectivity index (χ1v) is 7.80. The van der Waals surface area contributed by atoms with Crippen molar-refractivity contribution in [3.05, 3.63) is 12.7 Å². The summed E-state index contributed by atoms with van der Waals surface area (Å²) in [6, 6.07) is 0. The van der Waals surface area contributed by atoms with Gasteiger partial charge in [-0.2, -0.15) is 0 Å². The largest absolute Gasteiger partial charge is 0.352 e. The number of piperazine rings is 1. The summed E-state index contributed by atoms with van der Waals surface area (Å²) in [5.41, 5.74) is 0. The molecule has 0 aliphatic carbocycles. The maximum atomic E-state index is 12.4. The van der Waals surface area contributed by atoms with Crippen LogP contribution < -0.4 is 10.6 Å². The zero-order chi connectivity index (χ0) is 15.1. The molecule has 2 fully saturated rings. The van der Waals surface area contributed by atoms with Crippen molar-refractivity contribution >= 4 is 11.8 Å². The summed E-state index contributed by atoms with van der Waals surface area (Å²) in [5.74, 6) is 0.435. The van der Waals surface area contributed by atoms with E-state index in [9.17, 15) is 9.59 Å². The standard InChI is InChI=1S/C15H26N4O2/c1-2-5-17-14(20)12-18-7-9-19(10-8-18)15(21)13-4-3-6-16-11-13/h2,13,16H,1,3-12H2,(H,17,20)/t13-/m0/s1. The molecule has 0 aromatic heterocycles. The van der Waals surface area contributed by atoms with Gasteiger partial charge in [0.05, 0.1) is 12.5 Å². The van der Waals surface area contributed by atoms with Gasteiger partial charge in [0.1, 0.15) is 0 Å². The molecule has 2 saturated heterocycles. The van der Waals surface area contributed by atoms with Crippen LogP contribution >= 0.6 is 0 Å². The molecule has 0 unspecified atom stereocenters. The lowest BCUT2D eigenvalue weighted by molar-refractivity contribution is -0.138. The molecule has 2 amide bonds. The minimum absolute atomic E-state index is 0.0196. The molecular formula is C15H26N4O2. The van der Waals surface area contributed by atoms with Gasteiger partial charge in [-0.05, 0) is 19.4 Å². The first-order chi connectivity index (χ1) is 10.2. The lowest BCUT2D eigenvalue weighted by Gasteiger charge is -2.36. The van der Waals surface area contributed by atoms with Crippen molar-refractivity contribution in [3.8, 4) is 0 Å². The molecule has 0 radical (unpaired) electrons. The SMILES string of the molecule is C=CCNC(=O)CN1CCN(C(=O)[C@H]2CCCNC2)CC1. The summed E-state index contributed by atoms with van der Waals surface area (Å²) in [7, 11) is 0. The molecule has 0 spiro atoms. The second-order valence-electron chi connectivity index (χ2n) is 5.74. The van der Waals surface area contributed by atoms with Crippen LogP contribution in [0.3, 0.4) is 0 Å². The predicted molar refractivity (Wildman–Crippen MR) is 81.8 cm³/mol. The van der Waals surface area contributed by atoms with Crippen molar-refractivity contribution < 1.29 is 9.59 Å². The number of amides is 2. The molecule has 2 rings (SSSR count). The average molecular weight is 294 g/mol. The van der Waals surface area contributed by atoms with E-state index in [1.807, 2.05) is 4.90 Å². The van der Waals surface area contributed by atoms with E-state index in [0.29, 0.717) is 13.1 Å². The van der Waals surface area contributed by atoms with E-state index in [0.717, 1.165) is 52.1 Å². The van der Waals surface area contributed by atoms with Crippen molar-refractivity contribution in [2.75, 3.05) is 52.4 Å². The number of nitrogens with one attached hydrogen (secondary N) is 2. The number of nitrogens with zero attached hydrogens (tertiary/aromatic N) is 2. The molecule has 0 aromatic rings. The van der Waals surface area contributed by atoms with E-state index < -0.39 is 0 Å². The van der Waals surface area contributed by atoms with Gasteiger partial charge in [-0.25, -0.2) is 0 Å². The van der Waals surface area contributed by atoms with Gasteiger partial charge in [-0.3, -0.25) is 14.5 Å². The second-order valence-corrected chi connectivity index (χ2v) is 5.74. The van der Waals surface area contributed by atoms with Crippen LogP contribution in [0.2, 0.25) is 0 Å². The monoisotopic (exact) mass is 294 g/mol. The fraction of sp³-hybridized carbons (Fsp3) is 0.733. The Morgan fingerprint density at radius 3 is 2.67 bits per heavy atom. The second kappa shape index (κ2) is 8.14. The van der Waals surface area contributed by atoms with Crippen LogP contribution in [0.25, 0.3) is 0 Å². The zero-order valence-electron chi connectivity index (χ0n) is 12.6. The summed E-state index contributed by atoms with van der Waals surface area (Å²) < 4.78 is 0. The van der Waals surface area contributed by atoms with Crippen LogP contribution in [0.4, 0.5) is 0 Å². The highest BCUT2D eigenvalue weighted by Gasteiger charge is 2.28. The number of rotatable bonds is 5. The zero-order valence-corrected chi connectivity index (χ0v) is 12.6. The summed E-state index contributed by atoms with van der Waals surface area (Å²) in [4.78, 5) is 28.1. The van der Waals surface area contributed by atoms with Gasteiger partial charge < -0.3 is 15.5 Å². The fourth-order valence-corrected chi connectivity index (χ4v) is 2.89. The Bertz CT molecular complexity index is 372. The van der Waals surface area contributed by atoms with E-state index >= 15 is 0 Å². The molecule has 6 nitrogen and oxygen atoms in total. The number of carbonyl (C=O) groups is 2. The van der Waals surface area contributed by atoms with Crippen molar-refractivity contribution in [1.29, 1.82) is 0 Å². The van der Waals surface area contributed by atoms with Gasteiger partial charge in [-0.15, -0.1) is 6.58 Å². The van der Waals surface area contributed by atoms with Crippen LogP contribution in [-0.2, 0) is 9.59 Å². The maximum absolute atomic E-state index is 12.4. The quantitative estimate of drug-likeness (QED) is 0.667. The molecule has 21 heavy (non-hydrogen) atoms. The summed E-state index contributed by atoms with van der Waals surface area (Å²) in [6.45, 7) is 9.31. The highest BCUT2D eigenvalue weighted by atomic mass is 16.2. The van der Waals surface area contributed by atoms with Gasteiger partial charge >= 0.3 is 0 Å². The Balaban J connectivity index is 1.71. The Morgan fingerprint density at radius 1 is 1.29 bits per heavy atom. The predicted octanol–water partition coefficient (Wildman–Crippen LogP) is -0.568. The Hall–Kier alpha value is -1.40. The molecule has 118 valence electrons. The fourth-order valence-electron chi connectivity index (χ4n) is 2.89. The lowest BCUT2D eigenvalue weighted by Crippen LogP contribution is -2.53. The number of hydrogen-bond donors (Lipinski definition) is 2. The van der Waals surface area contributed by atoms with Gasteiger partial charge in [0.2, 0.25) is 11.8 Å². The van der Waals surface area contributed by atoms with Gasteiger partial charge in [0, 0.05) is 39.3 Å². The Kier molecular flexibility index (Phi) is 6.20. The molecule has 2 aliphatic heterocycles. The van der Waals surface area contributed by atoms with Crippen molar-refractivity contribution in [3.63, 3.8) is 0 Å². The number of carbonyl (C=O) groups excluding carboxylic acids is 2. The average Bonchev–Trinajstić information content (AvgIpc) is 2.54. The first-order valence-electron chi connectivity index (χ1n) is 7.80. The molecule has 2 heterocycles. The van der Waals surface area contributed by atoms with E-state index in [4.69, 9.17) is 0 Å². The Labute approximate surface area is 126 Å². The van der Waals surface area contributed by atoms with E-state index in [1.54, 1.807) is 6.08 Å². The summed E-state index contributed by atoms with van der Waals surface area (Å²) in [6.07, 6.45) is 3.75. The van der Waals surface area contributed by atoms with E-state index in [-0.39, 0.29) is 17.7 Å². The normalized spacial score (nSPS) is 23.6. The highest BCUT2D eigenvalue weighted by molar-refractivity contribution is 5.80. The summed E-state index contributed by atoms with van der Waals surface area (Å²) in [5, 5.41) is 6.07. The molecule has 2 aliphatic rings. The smallest absolute Gasteiger partial charge is 0.234 e. The number of piperidine rings is 1. The van der Waals surface area contributed by atoms with Gasteiger partial charge in [0.15, 0.2) is 0 Å². The first kappa shape index (κ1) is 16.0. The van der Waals surface area contributed by atoms with Crippen LogP contribution in [0.1, 0.15) is 12.8 Å². The lowest BCUT2D eigenvalue weighted by atomic mass is 9.98. The van der Waals surface area contributed by atoms with Crippen LogP contribution in [0, 0.1) is 5.92 Å². The van der Waals surface area contributed by atoms with Crippen molar-refractivity contribution in [2.45, 2.75) is 12.8 Å². The molecular weight excluding hydrogens is 268 g/mol. The number of hydrogen-bond acceptors (Lipinski definition) is 4. The third-order valence-corrected chi connectivity index (χ3v) is 4.14. The molecule has 0 saturated carbocycles. The molecule has 0 aromatic carbocycles. The topological polar surface area (TPSA) is 64.7 Å².